The van der Waals surface area contributed by atoms with Crippen LogP contribution in [0.25, 0.3) is 22.0 Å². The van der Waals surface area contributed by atoms with E-state index in [-0.39, 0.29) is 18.4 Å². The summed E-state index contributed by atoms with van der Waals surface area (Å²) >= 11 is 0. The number of piperazine rings is 1. The first-order chi connectivity index (χ1) is 19.1. The number of carbonyl (C=O) groups excluding carboxylic acids is 2. The third-order valence-corrected chi connectivity index (χ3v) is 7.38. The van der Waals surface area contributed by atoms with Crippen LogP contribution in [0.2, 0.25) is 0 Å². The monoisotopic (exact) mass is 524 g/mol. The zero-order valence-corrected chi connectivity index (χ0v) is 22.7. The third kappa shape index (κ3) is 5.75. The van der Waals surface area contributed by atoms with E-state index in [4.69, 9.17) is 4.74 Å². The number of benzene rings is 3. The lowest BCUT2D eigenvalue weighted by Gasteiger charge is -2.38. The van der Waals surface area contributed by atoms with Gasteiger partial charge < -0.3 is 19.5 Å². The molecule has 3 aromatic carbocycles. The molecule has 2 heterocycles. The molecule has 39 heavy (non-hydrogen) atoms. The van der Waals surface area contributed by atoms with E-state index in [0.717, 1.165) is 46.2 Å². The van der Waals surface area contributed by atoms with Gasteiger partial charge >= 0.3 is 0 Å². The number of fused-ring (bicyclic) bond motifs is 1. The smallest absolute Gasteiger partial charge is 0.247 e. The molecule has 1 unspecified atom stereocenters. The molecule has 0 saturated carbocycles. The Balaban J connectivity index is 1.42. The highest BCUT2D eigenvalue weighted by atomic mass is 16.5. The second-order valence-electron chi connectivity index (χ2n) is 9.89. The highest BCUT2D eigenvalue weighted by Crippen LogP contribution is 2.28. The van der Waals surface area contributed by atoms with Crippen LogP contribution in [0.5, 0.6) is 0 Å². The van der Waals surface area contributed by atoms with E-state index in [9.17, 15) is 9.59 Å². The maximum atomic E-state index is 14.0. The fraction of sp³-hybridized carbons (Fsp3) is 0.312. The van der Waals surface area contributed by atoms with Gasteiger partial charge in [-0.15, -0.1) is 0 Å². The lowest BCUT2D eigenvalue weighted by atomic mass is 10.0. The van der Waals surface area contributed by atoms with Gasteiger partial charge in [0.1, 0.15) is 6.04 Å². The van der Waals surface area contributed by atoms with Crippen molar-refractivity contribution in [3.05, 3.63) is 90.6 Å². The Bertz CT molecular complexity index is 1430. The second-order valence-corrected chi connectivity index (χ2v) is 9.89. The standard InChI is InChI=1S/C32H36N4O3/c1-3-34(22-26-23-35(17-10-18-39-2)29-16-8-7-15-28(26)29)32(38)30-20-33-21-31(37)36(30)27-14-9-13-25(19-27)24-11-5-4-6-12-24/h4-9,11-16,19,23,30,33H,3,10,17-18,20-22H2,1-2H3. The zero-order chi connectivity index (χ0) is 27.2. The highest BCUT2D eigenvalue weighted by Gasteiger charge is 2.36. The fourth-order valence-corrected chi connectivity index (χ4v) is 5.43. The number of ether oxygens (including phenoxy) is 1. The number of amides is 2. The van der Waals surface area contributed by atoms with Gasteiger partial charge in [0.25, 0.3) is 0 Å². The highest BCUT2D eigenvalue weighted by molar-refractivity contribution is 6.03. The Morgan fingerprint density at radius 3 is 2.59 bits per heavy atom. The van der Waals surface area contributed by atoms with E-state index < -0.39 is 6.04 Å². The number of likely N-dealkylation sites (N-methyl/N-ethyl adjacent to an activating group) is 1. The van der Waals surface area contributed by atoms with Crippen molar-refractivity contribution in [1.29, 1.82) is 0 Å². The molecule has 1 N–H and O–H groups in total. The van der Waals surface area contributed by atoms with Crippen molar-refractivity contribution in [2.45, 2.75) is 32.5 Å². The number of aryl methyl sites for hydroxylation is 1. The zero-order valence-electron chi connectivity index (χ0n) is 22.7. The minimum atomic E-state index is -0.618. The lowest BCUT2D eigenvalue weighted by Crippen LogP contribution is -2.61. The predicted octanol–water partition coefficient (Wildman–Crippen LogP) is 4.70. The van der Waals surface area contributed by atoms with Crippen LogP contribution in [0.1, 0.15) is 18.9 Å². The molecule has 2 amide bonds. The number of methoxy groups -OCH3 is 1. The second kappa shape index (κ2) is 12.3. The molecule has 5 rings (SSSR count). The number of aromatic nitrogens is 1. The first kappa shape index (κ1) is 26.7. The normalized spacial score (nSPS) is 15.6. The molecule has 7 heteroatoms. The van der Waals surface area contributed by atoms with Gasteiger partial charge in [-0.3, -0.25) is 14.5 Å². The summed E-state index contributed by atoms with van der Waals surface area (Å²) in [7, 11) is 1.72. The van der Waals surface area contributed by atoms with E-state index in [2.05, 4.69) is 28.2 Å². The Kier molecular flexibility index (Phi) is 8.39. The quantitative estimate of drug-likeness (QED) is 0.306. The number of rotatable bonds is 10. The van der Waals surface area contributed by atoms with Gasteiger partial charge in [0.05, 0.1) is 6.54 Å². The van der Waals surface area contributed by atoms with Crippen molar-refractivity contribution in [2.24, 2.45) is 0 Å². The SMILES string of the molecule is CCN(Cc1cn(CCCOC)c2ccccc12)C(=O)C1CNCC(=O)N1c1cccc(-c2ccccc2)c1. The van der Waals surface area contributed by atoms with Gasteiger partial charge in [0.15, 0.2) is 0 Å². The Hall–Kier alpha value is -3.94. The first-order valence-corrected chi connectivity index (χ1v) is 13.6. The number of para-hydroxylation sites is 1. The summed E-state index contributed by atoms with van der Waals surface area (Å²) in [5.74, 6) is -0.157. The molecule has 0 radical (unpaired) electrons. The largest absolute Gasteiger partial charge is 0.385 e. The maximum Gasteiger partial charge on any atom is 0.247 e. The van der Waals surface area contributed by atoms with Crippen LogP contribution >= 0.6 is 0 Å². The predicted molar refractivity (Wildman–Crippen MR) is 156 cm³/mol. The molecular weight excluding hydrogens is 488 g/mol. The van der Waals surface area contributed by atoms with Crippen molar-refractivity contribution in [3.8, 4) is 11.1 Å². The summed E-state index contributed by atoms with van der Waals surface area (Å²) in [5.41, 5.74) is 5.08. The molecule has 202 valence electrons. The maximum absolute atomic E-state index is 14.0. The molecule has 1 atom stereocenters. The lowest BCUT2D eigenvalue weighted by molar-refractivity contribution is -0.135. The molecule has 0 spiro atoms. The van der Waals surface area contributed by atoms with Gasteiger partial charge in [-0.25, -0.2) is 0 Å². The number of anilines is 1. The minimum absolute atomic E-state index is 0.0561. The van der Waals surface area contributed by atoms with Crippen molar-refractivity contribution in [3.63, 3.8) is 0 Å². The topological polar surface area (TPSA) is 66.8 Å². The van der Waals surface area contributed by atoms with Gasteiger partial charge in [-0.05, 0) is 48.2 Å². The summed E-state index contributed by atoms with van der Waals surface area (Å²) in [6.45, 7) is 5.19. The minimum Gasteiger partial charge on any atom is -0.385 e. The summed E-state index contributed by atoms with van der Waals surface area (Å²) in [5, 5.41) is 4.31. The van der Waals surface area contributed by atoms with Crippen LogP contribution in [0.15, 0.2) is 85.1 Å². The average molecular weight is 525 g/mol. The van der Waals surface area contributed by atoms with Gasteiger partial charge in [-0.2, -0.15) is 0 Å². The Labute approximate surface area is 230 Å². The fourth-order valence-electron chi connectivity index (χ4n) is 5.43. The van der Waals surface area contributed by atoms with Gasteiger partial charge in [0, 0.05) is 62.7 Å². The van der Waals surface area contributed by atoms with E-state index in [1.165, 1.54) is 0 Å². The number of nitrogens with zero attached hydrogens (tertiary/aromatic N) is 3. The Morgan fingerprint density at radius 1 is 1.03 bits per heavy atom. The van der Waals surface area contributed by atoms with Crippen molar-refractivity contribution >= 4 is 28.4 Å². The molecule has 1 fully saturated rings. The van der Waals surface area contributed by atoms with E-state index >= 15 is 0 Å². The molecule has 1 aliphatic rings. The molecule has 0 aliphatic carbocycles. The van der Waals surface area contributed by atoms with E-state index in [0.29, 0.717) is 26.2 Å². The molecule has 1 saturated heterocycles. The van der Waals surface area contributed by atoms with Crippen molar-refractivity contribution < 1.29 is 14.3 Å². The number of carbonyl (C=O) groups is 2. The molecule has 1 aromatic heterocycles. The summed E-state index contributed by atoms with van der Waals surface area (Å²) in [4.78, 5) is 30.8. The number of hydrogen-bond acceptors (Lipinski definition) is 4. The number of nitrogens with one attached hydrogen (secondary N) is 1. The summed E-state index contributed by atoms with van der Waals surface area (Å²) in [6, 6.07) is 25.7. The van der Waals surface area contributed by atoms with Crippen LogP contribution in [0, 0.1) is 0 Å². The Morgan fingerprint density at radius 2 is 1.79 bits per heavy atom. The summed E-state index contributed by atoms with van der Waals surface area (Å²) < 4.78 is 7.49. The average Bonchev–Trinajstić information content (AvgIpc) is 3.33. The van der Waals surface area contributed by atoms with Gasteiger partial charge in [-0.1, -0.05) is 60.7 Å². The van der Waals surface area contributed by atoms with Crippen molar-refractivity contribution in [2.75, 3.05) is 38.3 Å². The number of hydrogen-bond donors (Lipinski definition) is 1. The third-order valence-electron chi connectivity index (χ3n) is 7.38. The molecule has 7 nitrogen and oxygen atoms in total. The van der Waals surface area contributed by atoms with Crippen molar-refractivity contribution in [1.82, 2.24) is 14.8 Å². The van der Waals surface area contributed by atoms with Crippen LogP contribution < -0.4 is 10.2 Å². The molecular formula is C32H36N4O3. The van der Waals surface area contributed by atoms with Gasteiger partial charge in [0.2, 0.25) is 11.8 Å². The van der Waals surface area contributed by atoms with Crippen LogP contribution in [0.4, 0.5) is 5.69 Å². The molecule has 1 aliphatic heterocycles. The molecule has 0 bridgehead atoms. The molecule has 4 aromatic rings. The van der Waals surface area contributed by atoms with Crippen LogP contribution in [-0.4, -0.2) is 60.7 Å². The first-order valence-electron chi connectivity index (χ1n) is 13.6. The van der Waals surface area contributed by atoms with E-state index in [1.54, 1.807) is 12.0 Å². The summed E-state index contributed by atoms with van der Waals surface area (Å²) in [6.07, 6.45) is 3.07. The van der Waals surface area contributed by atoms with Crippen LogP contribution in [-0.2, 0) is 27.4 Å². The van der Waals surface area contributed by atoms with E-state index in [1.807, 2.05) is 78.6 Å². The van der Waals surface area contributed by atoms with Crippen LogP contribution in [0.3, 0.4) is 0 Å².